The fourth-order valence-corrected chi connectivity index (χ4v) is 4.61. The molecule has 3 aromatic rings. The summed E-state index contributed by atoms with van der Waals surface area (Å²) in [5, 5.41) is 10.5. The van der Waals surface area contributed by atoms with E-state index in [9.17, 15) is 4.79 Å². The zero-order chi connectivity index (χ0) is 21.8. The van der Waals surface area contributed by atoms with Gasteiger partial charge in [0.15, 0.2) is 5.82 Å². The zero-order valence-corrected chi connectivity index (χ0v) is 18.4. The highest BCUT2D eigenvalue weighted by molar-refractivity contribution is 5.95. The second kappa shape index (κ2) is 9.43. The van der Waals surface area contributed by atoms with E-state index >= 15 is 0 Å². The van der Waals surface area contributed by atoms with Crippen LogP contribution in [0.3, 0.4) is 0 Å². The van der Waals surface area contributed by atoms with Crippen LogP contribution in [0.15, 0.2) is 30.6 Å². The average Bonchev–Trinajstić information content (AvgIpc) is 3.43. The number of hydrogen-bond acceptors (Lipinski definition) is 5. The van der Waals surface area contributed by atoms with E-state index in [0.717, 1.165) is 54.0 Å². The van der Waals surface area contributed by atoms with E-state index in [1.165, 1.54) is 0 Å². The highest BCUT2D eigenvalue weighted by atomic mass is 16.5. The molecule has 0 bridgehead atoms. The first-order valence-electron chi connectivity index (χ1n) is 10.9. The number of carbonyl (C=O) groups excluding carboxylic acids is 1. The monoisotopic (exact) mass is 422 g/mol. The number of nitrogens with zero attached hydrogens (tertiary/aromatic N) is 4. The number of aromatic nitrogens is 5. The summed E-state index contributed by atoms with van der Waals surface area (Å²) in [7, 11) is 3.37. The molecule has 0 radical (unpaired) electrons. The lowest BCUT2D eigenvalue weighted by Crippen LogP contribution is -2.22. The third-order valence-electron chi connectivity index (χ3n) is 6.20. The van der Waals surface area contributed by atoms with Gasteiger partial charge in [0.25, 0.3) is 5.91 Å². The van der Waals surface area contributed by atoms with Crippen molar-refractivity contribution in [2.24, 2.45) is 0 Å². The van der Waals surface area contributed by atoms with Crippen LogP contribution in [0.5, 0.6) is 0 Å². The molecule has 0 unspecified atom stereocenters. The summed E-state index contributed by atoms with van der Waals surface area (Å²) in [5.41, 5.74) is 3.73. The molecule has 0 saturated heterocycles. The number of aryl methyl sites for hydroxylation is 1. The molecule has 2 N–H and O–H groups in total. The first kappa shape index (κ1) is 21.2. The number of hydrogen-bond donors (Lipinski definition) is 2. The fraction of sp³-hybridized carbons (Fsp3) is 0.478. The topological polar surface area (TPSA) is 97.7 Å². The van der Waals surface area contributed by atoms with Gasteiger partial charge in [-0.05, 0) is 43.7 Å². The summed E-state index contributed by atoms with van der Waals surface area (Å²) < 4.78 is 7.25. The average molecular weight is 423 g/mol. The summed E-state index contributed by atoms with van der Waals surface area (Å²) >= 11 is 0. The molecule has 4 rings (SSSR count). The van der Waals surface area contributed by atoms with Crippen molar-refractivity contribution in [2.45, 2.75) is 51.0 Å². The first-order chi connectivity index (χ1) is 15.1. The highest BCUT2D eigenvalue weighted by Crippen LogP contribution is 2.41. The smallest absolute Gasteiger partial charge is 0.251 e. The van der Waals surface area contributed by atoms with Gasteiger partial charge in [-0.1, -0.05) is 24.6 Å². The van der Waals surface area contributed by atoms with Crippen LogP contribution in [0, 0.1) is 6.92 Å². The van der Waals surface area contributed by atoms with Gasteiger partial charge in [-0.3, -0.25) is 9.89 Å². The van der Waals surface area contributed by atoms with E-state index in [0.29, 0.717) is 24.9 Å². The molecule has 1 aromatic carbocycles. The van der Waals surface area contributed by atoms with Gasteiger partial charge in [-0.25, -0.2) is 9.97 Å². The molecular formula is C23H30N6O2. The molecule has 8 nitrogen and oxygen atoms in total. The molecule has 8 heteroatoms. The number of methoxy groups -OCH3 is 1. The van der Waals surface area contributed by atoms with Crippen LogP contribution in [0.25, 0.3) is 11.5 Å². The molecule has 1 aliphatic rings. The Kier molecular flexibility index (Phi) is 6.46. The van der Waals surface area contributed by atoms with E-state index in [2.05, 4.69) is 26.6 Å². The largest absolute Gasteiger partial charge is 0.383 e. The van der Waals surface area contributed by atoms with Crippen molar-refractivity contribution in [1.29, 1.82) is 0 Å². The van der Waals surface area contributed by atoms with Crippen LogP contribution in [0.1, 0.15) is 65.0 Å². The van der Waals surface area contributed by atoms with Crippen LogP contribution < -0.4 is 5.32 Å². The van der Waals surface area contributed by atoms with E-state index in [4.69, 9.17) is 9.72 Å². The van der Waals surface area contributed by atoms with Gasteiger partial charge >= 0.3 is 0 Å². The summed E-state index contributed by atoms with van der Waals surface area (Å²) in [6.07, 6.45) is 6.00. The first-order valence-corrected chi connectivity index (χ1v) is 10.9. The van der Waals surface area contributed by atoms with Gasteiger partial charge in [-0.15, -0.1) is 0 Å². The van der Waals surface area contributed by atoms with Gasteiger partial charge in [0.1, 0.15) is 11.5 Å². The van der Waals surface area contributed by atoms with Crippen molar-refractivity contribution in [2.75, 3.05) is 20.8 Å². The maximum absolute atomic E-state index is 12.3. The minimum absolute atomic E-state index is 0.0283. The number of rotatable bonds is 7. The van der Waals surface area contributed by atoms with Gasteiger partial charge in [-0.2, -0.15) is 5.10 Å². The molecule has 2 heterocycles. The van der Waals surface area contributed by atoms with Crippen molar-refractivity contribution < 1.29 is 9.53 Å². The van der Waals surface area contributed by atoms with Gasteiger partial charge < -0.3 is 14.6 Å². The SMILES string of the molecule is CNC(=O)c1ccccc1[C@@H]1CCC[C@H](c2nc(-c3c(C)ncn3CCOC)n[nH]2)C1. The Morgan fingerprint density at radius 2 is 2.10 bits per heavy atom. The lowest BCUT2D eigenvalue weighted by atomic mass is 9.76. The van der Waals surface area contributed by atoms with Crippen LogP contribution in [0.2, 0.25) is 0 Å². The predicted octanol–water partition coefficient (Wildman–Crippen LogP) is 3.42. The molecule has 2 aromatic heterocycles. The number of carbonyl (C=O) groups is 1. The Morgan fingerprint density at radius 3 is 2.90 bits per heavy atom. The standard InChI is InChI=1S/C23H30N6O2/c1-15-20(29(14-25-15)11-12-31-3)22-26-21(27-28-22)17-8-6-7-16(13-17)18-9-4-5-10-19(18)23(30)24-2/h4-5,9-10,14,16-17H,6-8,11-13H2,1-3H3,(H,24,30)(H,26,27,28)/t16-,17+/m1/s1. The second-order valence-electron chi connectivity index (χ2n) is 8.14. The van der Waals surface area contributed by atoms with Gasteiger partial charge in [0.2, 0.25) is 0 Å². The molecular weight excluding hydrogens is 392 g/mol. The summed E-state index contributed by atoms with van der Waals surface area (Å²) in [4.78, 5) is 21.6. The van der Waals surface area contributed by atoms with E-state index in [1.54, 1.807) is 14.2 Å². The Balaban J connectivity index is 1.56. The molecule has 1 amide bonds. The summed E-state index contributed by atoms with van der Waals surface area (Å²) in [6, 6.07) is 7.93. The third kappa shape index (κ3) is 4.39. The Morgan fingerprint density at radius 1 is 1.29 bits per heavy atom. The minimum atomic E-state index is -0.0283. The van der Waals surface area contributed by atoms with Gasteiger partial charge in [0.05, 0.1) is 18.6 Å². The molecule has 164 valence electrons. The maximum atomic E-state index is 12.3. The van der Waals surface area contributed by atoms with Crippen molar-refractivity contribution >= 4 is 5.91 Å². The van der Waals surface area contributed by atoms with Crippen LogP contribution in [-0.4, -0.2) is 51.4 Å². The van der Waals surface area contributed by atoms with Gasteiger partial charge in [0, 0.05) is 32.2 Å². The molecule has 1 saturated carbocycles. The quantitative estimate of drug-likeness (QED) is 0.608. The number of aromatic amines is 1. The van der Waals surface area contributed by atoms with E-state index in [1.807, 2.05) is 36.0 Å². The Hall–Kier alpha value is -3.00. The number of ether oxygens (including phenoxy) is 1. The second-order valence-corrected chi connectivity index (χ2v) is 8.14. The minimum Gasteiger partial charge on any atom is -0.383 e. The molecule has 0 aliphatic heterocycles. The van der Waals surface area contributed by atoms with Crippen LogP contribution in [0.4, 0.5) is 0 Å². The number of imidazole rings is 1. The molecule has 1 fully saturated rings. The number of benzene rings is 1. The lowest BCUT2D eigenvalue weighted by Gasteiger charge is -2.29. The van der Waals surface area contributed by atoms with Crippen LogP contribution in [-0.2, 0) is 11.3 Å². The van der Waals surface area contributed by atoms with Crippen molar-refractivity contribution in [3.8, 4) is 11.5 Å². The van der Waals surface area contributed by atoms with E-state index < -0.39 is 0 Å². The molecule has 31 heavy (non-hydrogen) atoms. The highest BCUT2D eigenvalue weighted by Gasteiger charge is 2.29. The predicted molar refractivity (Wildman–Crippen MR) is 118 cm³/mol. The fourth-order valence-electron chi connectivity index (χ4n) is 4.61. The summed E-state index contributed by atoms with van der Waals surface area (Å²) in [6.45, 7) is 3.29. The maximum Gasteiger partial charge on any atom is 0.251 e. The molecule has 0 spiro atoms. The van der Waals surface area contributed by atoms with Crippen molar-refractivity contribution in [3.63, 3.8) is 0 Å². The Bertz CT molecular complexity index is 1040. The molecule has 2 atom stereocenters. The van der Waals surface area contributed by atoms with Crippen molar-refractivity contribution in [3.05, 3.63) is 53.2 Å². The van der Waals surface area contributed by atoms with E-state index in [-0.39, 0.29) is 11.8 Å². The lowest BCUT2D eigenvalue weighted by molar-refractivity contribution is 0.0961. The van der Waals surface area contributed by atoms with Crippen molar-refractivity contribution in [1.82, 2.24) is 30.0 Å². The zero-order valence-electron chi connectivity index (χ0n) is 18.4. The normalized spacial score (nSPS) is 18.8. The number of nitrogens with one attached hydrogen (secondary N) is 2. The Labute approximate surface area is 182 Å². The number of amides is 1. The number of H-pyrrole nitrogens is 1. The summed E-state index contributed by atoms with van der Waals surface area (Å²) in [5.74, 6) is 2.17. The third-order valence-corrected chi connectivity index (χ3v) is 6.20. The van der Waals surface area contributed by atoms with Crippen LogP contribution >= 0.6 is 0 Å². The molecule has 1 aliphatic carbocycles.